The van der Waals surface area contributed by atoms with Gasteiger partial charge in [-0.15, -0.1) is 0 Å². The molecule has 1 aromatic rings. The summed E-state index contributed by atoms with van der Waals surface area (Å²) in [5, 5.41) is 10.1. The third kappa shape index (κ3) is 3.87. The summed E-state index contributed by atoms with van der Waals surface area (Å²) in [7, 11) is 1.57. The molecule has 3 rings (SSSR count). The normalized spacial score (nSPS) is 18.4. The number of carbonyl (C=O) groups excluding carboxylic acids is 1. The fourth-order valence-corrected chi connectivity index (χ4v) is 4.62. The molecule has 1 aromatic carbocycles. The molecular weight excluding hydrogens is 456 g/mol. The molecule has 0 radical (unpaired) electrons. The fourth-order valence-electron chi connectivity index (χ4n) is 3.35. The minimum Gasteiger partial charge on any atom is -0.496 e. The number of ether oxygens (including phenoxy) is 2. The van der Waals surface area contributed by atoms with Crippen molar-refractivity contribution in [2.75, 3.05) is 13.7 Å². The van der Waals surface area contributed by atoms with Crippen molar-refractivity contribution in [1.82, 2.24) is 4.90 Å². The van der Waals surface area contributed by atoms with Gasteiger partial charge in [0.2, 0.25) is 0 Å². The summed E-state index contributed by atoms with van der Waals surface area (Å²) in [5.41, 5.74) is 8.10. The van der Waals surface area contributed by atoms with Crippen LogP contribution in [0.5, 0.6) is 5.75 Å². The number of rotatable bonds is 6. The summed E-state index contributed by atoms with van der Waals surface area (Å²) in [6.45, 7) is 4.02. The van der Waals surface area contributed by atoms with E-state index in [2.05, 4.69) is 27.0 Å². The van der Waals surface area contributed by atoms with E-state index in [0.29, 0.717) is 33.5 Å². The summed E-state index contributed by atoms with van der Waals surface area (Å²) in [6.07, 6.45) is 1.40. The van der Waals surface area contributed by atoms with Gasteiger partial charge in [-0.05, 0) is 43.3 Å². The SMILES string of the molecule is CCCC1=C(C(=O)OCC)[C@H](c2cc(Br)ccc2OC)N2C(=N1)SC(C#N)=C2N. The molecule has 2 aliphatic rings. The molecule has 2 heterocycles. The van der Waals surface area contributed by atoms with E-state index in [1.54, 1.807) is 18.9 Å². The number of hydrogen-bond acceptors (Lipinski definition) is 8. The monoisotopic (exact) mass is 476 g/mol. The number of allylic oxidation sites excluding steroid dienone is 2. The second kappa shape index (κ2) is 8.93. The number of aliphatic imine (C=N–C) groups is 1. The highest BCUT2D eigenvalue weighted by Gasteiger charge is 2.44. The van der Waals surface area contributed by atoms with Crippen LogP contribution in [0, 0.1) is 11.3 Å². The van der Waals surface area contributed by atoms with Gasteiger partial charge in [0, 0.05) is 10.0 Å². The Bertz CT molecular complexity index is 980. The number of nitriles is 1. The molecule has 1 atom stereocenters. The molecule has 0 aromatic heterocycles. The lowest BCUT2D eigenvalue weighted by atomic mass is 9.92. The largest absolute Gasteiger partial charge is 0.496 e. The highest BCUT2D eigenvalue weighted by Crippen LogP contribution is 2.48. The average Bonchev–Trinajstić information content (AvgIpc) is 3.02. The number of carbonyl (C=O) groups is 1. The Balaban J connectivity index is 2.30. The molecule has 0 saturated heterocycles. The first-order valence-electron chi connectivity index (χ1n) is 9.15. The van der Waals surface area contributed by atoms with E-state index in [1.165, 1.54) is 11.8 Å². The van der Waals surface area contributed by atoms with Gasteiger partial charge in [0.25, 0.3) is 0 Å². The molecule has 2 aliphatic heterocycles. The topological polar surface area (TPSA) is 101 Å². The molecule has 0 bridgehead atoms. The zero-order valence-corrected chi connectivity index (χ0v) is 18.8. The Morgan fingerprint density at radius 1 is 1.45 bits per heavy atom. The maximum Gasteiger partial charge on any atom is 0.338 e. The number of fused-ring (bicyclic) bond motifs is 1. The van der Waals surface area contributed by atoms with Crippen LogP contribution in [0.25, 0.3) is 0 Å². The van der Waals surface area contributed by atoms with Gasteiger partial charge in [-0.1, -0.05) is 29.3 Å². The summed E-state index contributed by atoms with van der Waals surface area (Å²) < 4.78 is 11.8. The Morgan fingerprint density at radius 2 is 2.21 bits per heavy atom. The van der Waals surface area contributed by atoms with Crippen LogP contribution in [0.1, 0.15) is 38.3 Å². The third-order valence-corrected chi connectivity index (χ3v) is 6.00. The van der Waals surface area contributed by atoms with Crippen molar-refractivity contribution in [3.63, 3.8) is 0 Å². The quantitative estimate of drug-likeness (QED) is 0.614. The van der Waals surface area contributed by atoms with Gasteiger partial charge >= 0.3 is 5.97 Å². The summed E-state index contributed by atoms with van der Waals surface area (Å²) in [4.78, 5) is 19.8. The molecular formula is C20H21BrN4O3S. The van der Waals surface area contributed by atoms with Crippen molar-refractivity contribution in [1.29, 1.82) is 5.26 Å². The lowest BCUT2D eigenvalue weighted by Gasteiger charge is -2.36. The van der Waals surface area contributed by atoms with E-state index < -0.39 is 12.0 Å². The van der Waals surface area contributed by atoms with Gasteiger partial charge < -0.3 is 15.2 Å². The van der Waals surface area contributed by atoms with Crippen LogP contribution < -0.4 is 10.5 Å². The van der Waals surface area contributed by atoms with Gasteiger partial charge in [0.1, 0.15) is 28.6 Å². The molecule has 7 nitrogen and oxygen atoms in total. The maximum atomic E-state index is 13.0. The fraction of sp³-hybridized carbons (Fsp3) is 0.350. The molecule has 152 valence electrons. The first-order chi connectivity index (χ1) is 14.0. The van der Waals surface area contributed by atoms with Crippen molar-refractivity contribution >= 4 is 38.8 Å². The molecule has 0 spiro atoms. The predicted octanol–water partition coefficient (Wildman–Crippen LogP) is 4.19. The highest BCUT2D eigenvalue weighted by atomic mass is 79.9. The van der Waals surface area contributed by atoms with Gasteiger partial charge in [0.15, 0.2) is 5.17 Å². The van der Waals surface area contributed by atoms with Crippen LogP contribution in [0.2, 0.25) is 0 Å². The second-order valence-electron chi connectivity index (χ2n) is 6.31. The molecule has 9 heteroatoms. The minimum absolute atomic E-state index is 0.240. The Morgan fingerprint density at radius 3 is 2.83 bits per heavy atom. The van der Waals surface area contributed by atoms with E-state index in [4.69, 9.17) is 15.2 Å². The first-order valence-corrected chi connectivity index (χ1v) is 10.8. The van der Waals surface area contributed by atoms with E-state index in [-0.39, 0.29) is 12.4 Å². The van der Waals surface area contributed by atoms with Crippen LogP contribution >= 0.6 is 27.7 Å². The van der Waals surface area contributed by atoms with Crippen LogP contribution in [0.3, 0.4) is 0 Å². The number of halogens is 1. The number of esters is 1. The Labute approximate surface area is 182 Å². The first kappa shape index (κ1) is 21.3. The van der Waals surface area contributed by atoms with Crippen LogP contribution in [0.4, 0.5) is 0 Å². The molecule has 0 unspecified atom stereocenters. The Hall–Kier alpha value is -2.44. The minimum atomic E-state index is -0.617. The lowest BCUT2D eigenvalue weighted by molar-refractivity contribution is -0.139. The lowest BCUT2D eigenvalue weighted by Crippen LogP contribution is -2.39. The van der Waals surface area contributed by atoms with Crippen molar-refractivity contribution in [3.8, 4) is 11.8 Å². The van der Waals surface area contributed by atoms with Gasteiger partial charge in [0.05, 0.1) is 25.0 Å². The number of thioether (sulfide) groups is 1. The molecule has 29 heavy (non-hydrogen) atoms. The van der Waals surface area contributed by atoms with Crippen molar-refractivity contribution in [3.05, 3.63) is 50.2 Å². The number of nitrogens with zero attached hydrogens (tertiary/aromatic N) is 3. The number of nitrogens with two attached hydrogens (primary N) is 1. The van der Waals surface area contributed by atoms with E-state index in [1.807, 2.05) is 25.1 Å². The number of amidine groups is 1. The molecule has 2 N–H and O–H groups in total. The van der Waals surface area contributed by atoms with Gasteiger partial charge in [-0.2, -0.15) is 5.26 Å². The number of benzene rings is 1. The summed E-state index contributed by atoms with van der Waals surface area (Å²) in [6, 6.07) is 7.07. The predicted molar refractivity (Wildman–Crippen MR) is 116 cm³/mol. The number of methoxy groups -OCH3 is 1. The van der Waals surface area contributed by atoms with Crippen LogP contribution in [-0.2, 0) is 9.53 Å². The van der Waals surface area contributed by atoms with E-state index in [9.17, 15) is 10.1 Å². The smallest absolute Gasteiger partial charge is 0.338 e. The van der Waals surface area contributed by atoms with Crippen LogP contribution in [-0.4, -0.2) is 29.8 Å². The van der Waals surface area contributed by atoms with Gasteiger partial charge in [-0.3, -0.25) is 4.90 Å². The Kier molecular flexibility index (Phi) is 6.55. The standard InChI is InChI=1S/C20H21BrN4O3S/c1-4-6-13-16(19(26)28-5-2)17(12-9-11(21)7-8-14(12)27-3)25-18(23)15(10-22)29-20(25)24-13/h7-9,17H,4-6,23H2,1-3H3/t17-/m0/s1. The maximum absolute atomic E-state index is 13.0. The average molecular weight is 477 g/mol. The molecule has 0 amide bonds. The second-order valence-corrected chi connectivity index (χ2v) is 8.21. The highest BCUT2D eigenvalue weighted by molar-refractivity contribution is 9.10. The van der Waals surface area contributed by atoms with Crippen molar-refractivity contribution < 1.29 is 14.3 Å². The summed E-state index contributed by atoms with van der Waals surface area (Å²) in [5.74, 6) is 0.412. The van der Waals surface area contributed by atoms with Gasteiger partial charge in [-0.25, -0.2) is 9.79 Å². The third-order valence-electron chi connectivity index (χ3n) is 4.53. The van der Waals surface area contributed by atoms with Crippen molar-refractivity contribution in [2.24, 2.45) is 10.7 Å². The molecule has 0 aliphatic carbocycles. The zero-order chi connectivity index (χ0) is 21.1. The van der Waals surface area contributed by atoms with E-state index >= 15 is 0 Å². The van der Waals surface area contributed by atoms with Crippen molar-refractivity contribution in [2.45, 2.75) is 32.7 Å². The molecule has 0 saturated carbocycles. The molecule has 0 fully saturated rings. The number of hydrogen-bond donors (Lipinski definition) is 1. The van der Waals surface area contributed by atoms with Crippen LogP contribution in [0.15, 0.2) is 49.7 Å². The van der Waals surface area contributed by atoms with E-state index in [0.717, 1.165) is 16.5 Å². The summed E-state index contributed by atoms with van der Waals surface area (Å²) >= 11 is 4.71. The zero-order valence-electron chi connectivity index (χ0n) is 16.4.